The van der Waals surface area contributed by atoms with E-state index in [-0.39, 0.29) is 24.0 Å². The molecule has 0 aliphatic rings. The van der Waals surface area contributed by atoms with E-state index in [0.717, 1.165) is 36.7 Å². The van der Waals surface area contributed by atoms with Crippen LogP contribution in [0.15, 0.2) is 53.7 Å². The van der Waals surface area contributed by atoms with Gasteiger partial charge >= 0.3 is 0 Å². The summed E-state index contributed by atoms with van der Waals surface area (Å²) in [5.74, 6) is 2.63. The second kappa shape index (κ2) is 13.7. The number of hydrogen-bond acceptors (Lipinski definition) is 5. The van der Waals surface area contributed by atoms with Crippen LogP contribution in [0.1, 0.15) is 30.3 Å². The maximum atomic E-state index is 5.88. The predicted molar refractivity (Wildman–Crippen MR) is 142 cm³/mol. The third-order valence-electron chi connectivity index (χ3n) is 4.79. The van der Waals surface area contributed by atoms with Crippen LogP contribution >= 0.6 is 24.0 Å². The molecule has 2 aromatic heterocycles. The number of nitrogens with one attached hydrogen (secondary N) is 2. The van der Waals surface area contributed by atoms with E-state index < -0.39 is 0 Å². The van der Waals surface area contributed by atoms with Gasteiger partial charge in [-0.2, -0.15) is 5.10 Å². The van der Waals surface area contributed by atoms with E-state index in [1.54, 1.807) is 13.2 Å². The van der Waals surface area contributed by atoms with Gasteiger partial charge in [-0.1, -0.05) is 18.2 Å². The summed E-state index contributed by atoms with van der Waals surface area (Å²) in [6, 6.07) is 13.5. The fourth-order valence-electron chi connectivity index (χ4n) is 3.24. The SMILES string of the molecule is CCOc1ccccc1Oc1ccc(CNC(=NC)NCCCn2nc(C)cc2C)cn1.I. The lowest BCUT2D eigenvalue weighted by molar-refractivity contribution is 0.319. The highest BCUT2D eigenvalue weighted by Crippen LogP contribution is 2.30. The van der Waals surface area contributed by atoms with Crippen molar-refractivity contribution in [1.29, 1.82) is 0 Å². The maximum Gasteiger partial charge on any atom is 0.219 e. The largest absolute Gasteiger partial charge is 0.490 e. The molecule has 0 amide bonds. The number of halogens is 1. The third kappa shape index (κ3) is 8.23. The number of hydrogen-bond donors (Lipinski definition) is 2. The van der Waals surface area contributed by atoms with Crippen molar-refractivity contribution >= 4 is 29.9 Å². The summed E-state index contributed by atoms with van der Waals surface area (Å²) in [5.41, 5.74) is 3.27. The molecule has 1 aromatic carbocycles. The van der Waals surface area contributed by atoms with Gasteiger partial charge in [-0.05, 0) is 51.0 Å². The molecule has 9 heteroatoms. The van der Waals surface area contributed by atoms with E-state index in [1.807, 2.05) is 54.9 Å². The molecule has 0 fully saturated rings. The molecule has 8 nitrogen and oxygen atoms in total. The van der Waals surface area contributed by atoms with Crippen LogP contribution in [0.25, 0.3) is 0 Å². The molecule has 0 saturated carbocycles. The smallest absolute Gasteiger partial charge is 0.219 e. The Bertz CT molecular complexity index is 1020. The predicted octanol–water partition coefficient (Wildman–Crippen LogP) is 4.46. The molecule has 0 saturated heterocycles. The molecule has 2 heterocycles. The molecule has 0 unspecified atom stereocenters. The Kier molecular flexibility index (Phi) is 10.9. The van der Waals surface area contributed by atoms with Crippen molar-refractivity contribution in [2.75, 3.05) is 20.2 Å². The van der Waals surface area contributed by atoms with E-state index in [9.17, 15) is 0 Å². The van der Waals surface area contributed by atoms with Crippen LogP contribution in [0.5, 0.6) is 17.4 Å². The van der Waals surface area contributed by atoms with Crippen molar-refractivity contribution in [2.45, 2.75) is 40.3 Å². The van der Waals surface area contributed by atoms with Gasteiger partial charge in [0.05, 0.1) is 12.3 Å². The van der Waals surface area contributed by atoms with E-state index in [0.29, 0.717) is 30.5 Å². The van der Waals surface area contributed by atoms with Crippen LogP contribution in [-0.2, 0) is 13.1 Å². The molecular weight excluding hydrogens is 531 g/mol. The molecule has 0 radical (unpaired) electrons. The average molecular weight is 564 g/mol. The number of aliphatic imine (C=N–C) groups is 1. The van der Waals surface area contributed by atoms with Crippen molar-refractivity contribution in [3.05, 3.63) is 65.6 Å². The van der Waals surface area contributed by atoms with E-state index in [1.165, 1.54) is 5.69 Å². The Morgan fingerprint density at radius 2 is 1.88 bits per heavy atom. The number of pyridine rings is 1. The minimum absolute atomic E-state index is 0. The van der Waals surface area contributed by atoms with Crippen molar-refractivity contribution in [2.24, 2.45) is 4.99 Å². The van der Waals surface area contributed by atoms with E-state index in [4.69, 9.17) is 9.47 Å². The van der Waals surface area contributed by atoms with Gasteiger partial charge in [0.25, 0.3) is 0 Å². The second-order valence-corrected chi connectivity index (χ2v) is 7.34. The van der Waals surface area contributed by atoms with Gasteiger partial charge in [-0.25, -0.2) is 4.98 Å². The highest BCUT2D eigenvalue weighted by molar-refractivity contribution is 14.0. The van der Waals surface area contributed by atoms with Crippen LogP contribution in [0, 0.1) is 13.8 Å². The molecule has 2 N–H and O–H groups in total. The Hall–Kier alpha value is -2.82. The maximum absolute atomic E-state index is 5.88. The molecular formula is C24H33IN6O2. The van der Waals surface area contributed by atoms with Crippen molar-refractivity contribution in [1.82, 2.24) is 25.4 Å². The van der Waals surface area contributed by atoms with Gasteiger partial charge in [-0.15, -0.1) is 24.0 Å². The molecule has 0 spiro atoms. The van der Waals surface area contributed by atoms with Gasteiger partial charge in [0.15, 0.2) is 17.5 Å². The number of guanidine groups is 1. The molecule has 0 aliphatic carbocycles. The first-order valence-electron chi connectivity index (χ1n) is 10.9. The summed E-state index contributed by atoms with van der Waals surface area (Å²) in [4.78, 5) is 8.69. The first kappa shape index (κ1) is 26.4. The normalized spacial score (nSPS) is 11.0. The zero-order valence-electron chi connectivity index (χ0n) is 19.7. The van der Waals surface area contributed by atoms with Crippen LogP contribution in [0.2, 0.25) is 0 Å². The number of benzene rings is 1. The highest BCUT2D eigenvalue weighted by atomic mass is 127. The molecule has 0 bridgehead atoms. The lowest BCUT2D eigenvalue weighted by Gasteiger charge is -2.13. The highest BCUT2D eigenvalue weighted by Gasteiger charge is 2.07. The Labute approximate surface area is 212 Å². The number of aryl methyl sites for hydroxylation is 3. The topological polar surface area (TPSA) is 85.6 Å². The Morgan fingerprint density at radius 1 is 1.09 bits per heavy atom. The summed E-state index contributed by atoms with van der Waals surface area (Å²) < 4.78 is 13.5. The molecule has 0 atom stereocenters. The van der Waals surface area contributed by atoms with Gasteiger partial charge in [0.2, 0.25) is 5.88 Å². The third-order valence-corrected chi connectivity index (χ3v) is 4.79. The van der Waals surface area contributed by atoms with Crippen molar-refractivity contribution < 1.29 is 9.47 Å². The van der Waals surface area contributed by atoms with Gasteiger partial charge in [0.1, 0.15) is 0 Å². The van der Waals surface area contributed by atoms with Crippen molar-refractivity contribution in [3.63, 3.8) is 0 Å². The molecule has 33 heavy (non-hydrogen) atoms. The summed E-state index contributed by atoms with van der Waals surface area (Å²) in [6.45, 7) is 8.91. The minimum atomic E-state index is 0. The Balaban J connectivity index is 0.00000385. The first-order chi connectivity index (χ1) is 15.6. The van der Waals surface area contributed by atoms with Crippen LogP contribution < -0.4 is 20.1 Å². The number of rotatable bonds is 10. The standard InChI is InChI=1S/C24H32N6O2.HI/c1-5-31-21-9-6-7-10-22(21)32-23-12-11-20(16-27-23)17-28-24(25-4)26-13-8-14-30-19(3)15-18(2)29-30;/h6-7,9-12,15-16H,5,8,13-14,17H2,1-4H3,(H2,25,26,28);1H. The molecule has 0 aliphatic heterocycles. The number of nitrogens with zero attached hydrogens (tertiary/aromatic N) is 4. The fraction of sp³-hybridized carbons (Fsp3) is 0.375. The molecule has 3 aromatic rings. The van der Waals surface area contributed by atoms with Gasteiger partial charge < -0.3 is 20.1 Å². The summed E-state index contributed by atoms with van der Waals surface area (Å²) in [7, 11) is 1.77. The quantitative estimate of drug-likeness (QED) is 0.164. The van der Waals surface area contributed by atoms with Crippen molar-refractivity contribution in [3.8, 4) is 17.4 Å². The lowest BCUT2D eigenvalue weighted by Crippen LogP contribution is -2.37. The Morgan fingerprint density at radius 3 is 2.52 bits per heavy atom. The fourth-order valence-corrected chi connectivity index (χ4v) is 3.24. The molecule has 178 valence electrons. The number of ether oxygens (including phenoxy) is 2. The van der Waals surface area contributed by atoms with E-state index in [2.05, 4.69) is 38.7 Å². The van der Waals surface area contributed by atoms with Crippen LogP contribution in [0.3, 0.4) is 0 Å². The monoisotopic (exact) mass is 564 g/mol. The summed E-state index contributed by atoms with van der Waals surface area (Å²) >= 11 is 0. The number of aromatic nitrogens is 3. The second-order valence-electron chi connectivity index (χ2n) is 7.34. The van der Waals surface area contributed by atoms with Crippen LogP contribution in [-0.4, -0.2) is 40.9 Å². The van der Waals surface area contributed by atoms with E-state index >= 15 is 0 Å². The van der Waals surface area contributed by atoms with Gasteiger partial charge in [-0.3, -0.25) is 9.67 Å². The molecule has 3 rings (SSSR count). The van der Waals surface area contributed by atoms with Gasteiger partial charge in [0, 0.05) is 44.6 Å². The zero-order valence-corrected chi connectivity index (χ0v) is 22.0. The average Bonchev–Trinajstić information content (AvgIpc) is 3.12. The number of para-hydroxylation sites is 2. The summed E-state index contributed by atoms with van der Waals surface area (Å²) in [6.07, 6.45) is 2.75. The van der Waals surface area contributed by atoms with Crippen LogP contribution in [0.4, 0.5) is 0 Å². The minimum Gasteiger partial charge on any atom is -0.490 e. The zero-order chi connectivity index (χ0) is 22.8. The summed E-state index contributed by atoms with van der Waals surface area (Å²) in [5, 5.41) is 11.1. The lowest BCUT2D eigenvalue weighted by atomic mass is 10.3. The first-order valence-corrected chi connectivity index (χ1v) is 10.9.